The first kappa shape index (κ1) is 18.5. The highest BCUT2D eigenvalue weighted by Crippen LogP contribution is 2.38. The molecule has 5 nitrogen and oxygen atoms in total. The normalized spacial score (nSPS) is 12.1. The summed E-state index contributed by atoms with van der Waals surface area (Å²) in [7, 11) is 4.48. The predicted molar refractivity (Wildman–Crippen MR) is 79.5 cm³/mol. The summed E-state index contributed by atoms with van der Waals surface area (Å²) >= 11 is 0. The van der Waals surface area contributed by atoms with Gasteiger partial charge in [-0.1, -0.05) is 6.07 Å². The maximum absolute atomic E-state index is 11.8. The second-order valence-electron chi connectivity index (χ2n) is 4.80. The van der Waals surface area contributed by atoms with Crippen LogP contribution in [-0.2, 0) is 9.53 Å². The van der Waals surface area contributed by atoms with E-state index in [2.05, 4.69) is 0 Å². The maximum Gasteiger partial charge on any atom is 0.313 e. The van der Waals surface area contributed by atoms with Crippen LogP contribution in [0.5, 0.6) is 11.5 Å². The molecular weight excluding hydrogens is 282 g/mol. The molecule has 20 heavy (non-hydrogen) atoms. The molecule has 1 rings (SSSR count). The lowest BCUT2D eigenvalue weighted by Crippen LogP contribution is -2.37. The Morgan fingerprint density at radius 2 is 1.80 bits per heavy atom. The first-order valence-corrected chi connectivity index (χ1v) is 5.94. The van der Waals surface area contributed by atoms with Gasteiger partial charge in [-0.25, -0.2) is 0 Å². The van der Waals surface area contributed by atoms with Gasteiger partial charge in [0.15, 0.2) is 0 Å². The van der Waals surface area contributed by atoms with Crippen molar-refractivity contribution in [2.45, 2.75) is 19.9 Å². The summed E-state index contributed by atoms with van der Waals surface area (Å²) in [5, 5.41) is 0. The van der Waals surface area contributed by atoms with E-state index in [0.29, 0.717) is 11.5 Å². The van der Waals surface area contributed by atoms with Crippen LogP contribution in [0.4, 0.5) is 0 Å². The number of hydrogen-bond acceptors (Lipinski definition) is 5. The second kappa shape index (κ2) is 7.36. The number of rotatable bonds is 5. The summed E-state index contributed by atoms with van der Waals surface area (Å²) in [4.78, 5) is 11.8. The monoisotopic (exact) mass is 303 g/mol. The third kappa shape index (κ3) is 3.55. The van der Waals surface area contributed by atoms with Gasteiger partial charge in [0, 0.05) is 17.7 Å². The lowest BCUT2D eigenvalue weighted by atomic mass is 9.80. The molecule has 0 radical (unpaired) electrons. The molecular formula is C14H22ClNO4. The Kier molecular flexibility index (Phi) is 6.82. The molecule has 114 valence electrons. The molecule has 0 aliphatic rings. The molecule has 0 unspecified atom stereocenters. The number of benzene rings is 1. The van der Waals surface area contributed by atoms with E-state index >= 15 is 0 Å². The van der Waals surface area contributed by atoms with E-state index in [1.54, 1.807) is 46.3 Å². The molecule has 0 spiro atoms. The van der Waals surface area contributed by atoms with Crippen molar-refractivity contribution in [3.8, 4) is 11.5 Å². The zero-order valence-corrected chi connectivity index (χ0v) is 13.2. The Bertz CT molecular complexity index is 462. The smallest absolute Gasteiger partial charge is 0.313 e. The molecule has 0 amide bonds. The summed E-state index contributed by atoms with van der Waals surface area (Å²) in [6.07, 6.45) is 0. The SMILES string of the molecule is COC(=O)C(C)(C)[C@H](N)c1ccc(OC)cc1OC.Cl. The first-order chi connectivity index (χ1) is 8.88. The minimum Gasteiger partial charge on any atom is -0.497 e. The number of hydrogen-bond donors (Lipinski definition) is 1. The van der Waals surface area contributed by atoms with Crippen LogP contribution in [0.25, 0.3) is 0 Å². The fourth-order valence-corrected chi connectivity index (χ4v) is 1.85. The molecule has 6 heteroatoms. The highest BCUT2D eigenvalue weighted by Gasteiger charge is 2.38. The molecule has 0 aliphatic heterocycles. The van der Waals surface area contributed by atoms with E-state index in [1.807, 2.05) is 0 Å². The van der Waals surface area contributed by atoms with Crippen LogP contribution in [0.2, 0.25) is 0 Å². The Hall–Kier alpha value is -1.46. The van der Waals surface area contributed by atoms with Crippen molar-refractivity contribution in [3.63, 3.8) is 0 Å². The molecule has 0 heterocycles. The predicted octanol–water partition coefficient (Wildman–Crippen LogP) is 2.32. The van der Waals surface area contributed by atoms with Crippen molar-refractivity contribution >= 4 is 18.4 Å². The van der Waals surface area contributed by atoms with Gasteiger partial charge in [0.1, 0.15) is 11.5 Å². The molecule has 0 aromatic heterocycles. The van der Waals surface area contributed by atoms with Gasteiger partial charge in [0.2, 0.25) is 0 Å². The van der Waals surface area contributed by atoms with Crippen LogP contribution in [0.3, 0.4) is 0 Å². The second-order valence-corrected chi connectivity index (χ2v) is 4.80. The van der Waals surface area contributed by atoms with E-state index in [1.165, 1.54) is 7.11 Å². The lowest BCUT2D eigenvalue weighted by molar-refractivity contribution is -0.152. The van der Waals surface area contributed by atoms with E-state index in [-0.39, 0.29) is 18.4 Å². The van der Waals surface area contributed by atoms with Crippen LogP contribution in [0.15, 0.2) is 18.2 Å². The van der Waals surface area contributed by atoms with Gasteiger partial charge in [0.05, 0.1) is 26.7 Å². The van der Waals surface area contributed by atoms with Gasteiger partial charge in [-0.3, -0.25) is 4.79 Å². The average molecular weight is 304 g/mol. The Morgan fingerprint density at radius 3 is 2.25 bits per heavy atom. The van der Waals surface area contributed by atoms with Gasteiger partial charge < -0.3 is 19.9 Å². The van der Waals surface area contributed by atoms with Crippen LogP contribution in [-0.4, -0.2) is 27.3 Å². The Labute approximate surface area is 125 Å². The van der Waals surface area contributed by atoms with Gasteiger partial charge in [-0.15, -0.1) is 12.4 Å². The van der Waals surface area contributed by atoms with Crippen molar-refractivity contribution < 1.29 is 19.0 Å². The Balaban J connectivity index is 0.00000361. The topological polar surface area (TPSA) is 70.8 Å². The van der Waals surface area contributed by atoms with E-state index in [0.717, 1.165) is 5.56 Å². The Morgan fingerprint density at radius 1 is 1.20 bits per heavy atom. The molecule has 0 bridgehead atoms. The zero-order valence-electron chi connectivity index (χ0n) is 12.4. The molecule has 2 N–H and O–H groups in total. The van der Waals surface area contributed by atoms with Crippen LogP contribution in [0, 0.1) is 5.41 Å². The third-order valence-corrected chi connectivity index (χ3v) is 3.26. The van der Waals surface area contributed by atoms with Crippen molar-refractivity contribution in [3.05, 3.63) is 23.8 Å². The minimum absolute atomic E-state index is 0. The third-order valence-electron chi connectivity index (χ3n) is 3.26. The van der Waals surface area contributed by atoms with Crippen molar-refractivity contribution in [2.24, 2.45) is 11.1 Å². The summed E-state index contributed by atoms with van der Waals surface area (Å²) in [5.74, 6) is 0.894. The van der Waals surface area contributed by atoms with E-state index in [4.69, 9.17) is 19.9 Å². The maximum atomic E-state index is 11.8. The first-order valence-electron chi connectivity index (χ1n) is 5.94. The molecule has 0 fully saturated rings. The number of ether oxygens (including phenoxy) is 3. The lowest BCUT2D eigenvalue weighted by Gasteiger charge is -2.30. The highest BCUT2D eigenvalue weighted by atomic mass is 35.5. The van der Waals surface area contributed by atoms with E-state index in [9.17, 15) is 4.79 Å². The molecule has 1 aromatic rings. The fourth-order valence-electron chi connectivity index (χ4n) is 1.85. The fraction of sp³-hybridized carbons (Fsp3) is 0.500. The number of carbonyl (C=O) groups excluding carboxylic acids is 1. The number of carbonyl (C=O) groups is 1. The summed E-state index contributed by atoms with van der Waals surface area (Å²) in [6, 6.07) is 4.78. The number of esters is 1. The van der Waals surface area contributed by atoms with Crippen molar-refractivity contribution in [2.75, 3.05) is 21.3 Å². The summed E-state index contributed by atoms with van der Waals surface area (Å²) in [5.41, 5.74) is 6.08. The minimum atomic E-state index is -0.851. The standard InChI is InChI=1S/C14H21NO4.ClH/c1-14(2,13(16)19-5)12(15)10-7-6-9(17-3)8-11(10)18-4;/h6-8,12H,15H2,1-5H3;1H/t12-;/m1./s1. The van der Waals surface area contributed by atoms with E-state index < -0.39 is 11.5 Å². The summed E-state index contributed by atoms with van der Waals surface area (Å²) in [6.45, 7) is 3.49. The molecule has 0 aliphatic carbocycles. The van der Waals surface area contributed by atoms with Gasteiger partial charge >= 0.3 is 5.97 Å². The quantitative estimate of drug-likeness (QED) is 0.845. The van der Waals surface area contributed by atoms with Crippen molar-refractivity contribution in [1.29, 1.82) is 0 Å². The molecule has 1 aromatic carbocycles. The highest BCUT2D eigenvalue weighted by molar-refractivity contribution is 5.85. The number of methoxy groups -OCH3 is 3. The molecule has 0 saturated carbocycles. The molecule has 1 atom stereocenters. The number of nitrogens with two attached hydrogens (primary N) is 1. The van der Waals surface area contributed by atoms with Crippen molar-refractivity contribution in [1.82, 2.24) is 0 Å². The number of halogens is 1. The van der Waals surface area contributed by atoms with Gasteiger partial charge in [0.25, 0.3) is 0 Å². The van der Waals surface area contributed by atoms with Crippen LogP contribution < -0.4 is 15.2 Å². The average Bonchev–Trinajstić information content (AvgIpc) is 2.44. The zero-order chi connectivity index (χ0) is 14.6. The van der Waals surface area contributed by atoms with Crippen LogP contribution >= 0.6 is 12.4 Å². The van der Waals surface area contributed by atoms with Gasteiger partial charge in [-0.2, -0.15) is 0 Å². The summed E-state index contributed by atoms with van der Waals surface area (Å²) < 4.78 is 15.2. The van der Waals surface area contributed by atoms with Crippen LogP contribution in [0.1, 0.15) is 25.5 Å². The largest absolute Gasteiger partial charge is 0.497 e. The molecule has 0 saturated heterocycles. The van der Waals surface area contributed by atoms with Gasteiger partial charge in [-0.05, 0) is 19.9 Å².